The molecule has 6 nitrogen and oxygen atoms in total. The summed E-state index contributed by atoms with van der Waals surface area (Å²) >= 11 is 7.35. The third kappa shape index (κ3) is 3.86. The van der Waals surface area contributed by atoms with Crippen LogP contribution in [0, 0.1) is 0 Å². The first kappa shape index (κ1) is 21.2. The normalized spacial score (nSPS) is 14.8. The number of anilines is 1. The SMILES string of the molecule is COc1ccc(OC)c2sc(N3C(=O)/C(=C/c4ccc(Cl)cc4)N=C3c3ccccc3)nc12. The van der Waals surface area contributed by atoms with Gasteiger partial charge < -0.3 is 9.47 Å². The molecule has 0 N–H and O–H groups in total. The van der Waals surface area contributed by atoms with Crippen molar-refractivity contribution in [3.05, 3.63) is 88.6 Å². The van der Waals surface area contributed by atoms with E-state index in [0.717, 1.165) is 15.8 Å². The van der Waals surface area contributed by atoms with E-state index < -0.39 is 0 Å². The maximum atomic E-state index is 13.6. The second-order valence-electron chi connectivity index (χ2n) is 7.17. The summed E-state index contributed by atoms with van der Waals surface area (Å²) in [6.45, 7) is 0. The van der Waals surface area contributed by atoms with Crippen molar-refractivity contribution in [3.63, 3.8) is 0 Å². The summed E-state index contributed by atoms with van der Waals surface area (Å²) in [6, 6.07) is 20.4. The van der Waals surface area contributed by atoms with Crippen molar-refractivity contribution in [2.45, 2.75) is 0 Å². The van der Waals surface area contributed by atoms with Gasteiger partial charge in [0.1, 0.15) is 33.2 Å². The predicted molar refractivity (Wildman–Crippen MR) is 133 cm³/mol. The maximum absolute atomic E-state index is 13.6. The lowest BCUT2D eigenvalue weighted by atomic mass is 10.2. The van der Waals surface area contributed by atoms with E-state index in [0.29, 0.717) is 38.7 Å². The van der Waals surface area contributed by atoms with Crippen LogP contribution in [-0.4, -0.2) is 30.9 Å². The highest BCUT2D eigenvalue weighted by Gasteiger charge is 2.35. The number of fused-ring (bicyclic) bond motifs is 1. The molecule has 33 heavy (non-hydrogen) atoms. The molecule has 0 unspecified atom stereocenters. The second-order valence-corrected chi connectivity index (χ2v) is 8.58. The van der Waals surface area contributed by atoms with Crippen molar-refractivity contribution in [1.82, 2.24) is 4.98 Å². The number of carbonyl (C=O) groups is 1. The Morgan fingerprint density at radius 2 is 1.64 bits per heavy atom. The monoisotopic (exact) mass is 475 g/mol. The quantitative estimate of drug-likeness (QED) is 0.342. The van der Waals surface area contributed by atoms with Crippen LogP contribution in [-0.2, 0) is 4.79 Å². The van der Waals surface area contributed by atoms with Crippen LogP contribution in [0.25, 0.3) is 16.3 Å². The third-order valence-corrected chi connectivity index (χ3v) is 6.46. The molecule has 2 heterocycles. The molecule has 0 spiro atoms. The molecule has 0 aliphatic carbocycles. The minimum atomic E-state index is -0.263. The number of amides is 1. The van der Waals surface area contributed by atoms with Crippen molar-refractivity contribution in [2.24, 2.45) is 4.99 Å². The zero-order valence-electron chi connectivity index (χ0n) is 17.8. The van der Waals surface area contributed by atoms with Gasteiger partial charge in [-0.1, -0.05) is 65.4 Å². The first-order chi connectivity index (χ1) is 16.1. The van der Waals surface area contributed by atoms with E-state index in [1.807, 2.05) is 48.5 Å². The number of thiazole rings is 1. The van der Waals surface area contributed by atoms with Crippen LogP contribution in [0.5, 0.6) is 11.5 Å². The van der Waals surface area contributed by atoms with Crippen LogP contribution in [0.3, 0.4) is 0 Å². The highest BCUT2D eigenvalue weighted by Crippen LogP contribution is 2.41. The largest absolute Gasteiger partial charge is 0.495 e. The highest BCUT2D eigenvalue weighted by molar-refractivity contribution is 7.23. The van der Waals surface area contributed by atoms with Crippen LogP contribution >= 0.6 is 22.9 Å². The number of rotatable bonds is 5. The van der Waals surface area contributed by atoms with Crippen molar-refractivity contribution in [2.75, 3.05) is 19.1 Å². The summed E-state index contributed by atoms with van der Waals surface area (Å²) < 4.78 is 11.8. The van der Waals surface area contributed by atoms with Gasteiger partial charge in [-0.3, -0.25) is 4.79 Å². The molecule has 1 aliphatic rings. The van der Waals surface area contributed by atoms with Crippen molar-refractivity contribution < 1.29 is 14.3 Å². The second kappa shape index (κ2) is 8.69. The molecule has 4 aromatic rings. The topological polar surface area (TPSA) is 64.0 Å². The minimum Gasteiger partial charge on any atom is -0.495 e. The first-order valence-electron chi connectivity index (χ1n) is 10.1. The van der Waals surface area contributed by atoms with Gasteiger partial charge in [0.2, 0.25) is 0 Å². The third-order valence-electron chi connectivity index (χ3n) is 5.16. The van der Waals surface area contributed by atoms with E-state index in [4.69, 9.17) is 31.1 Å². The molecule has 0 fully saturated rings. The Kier molecular flexibility index (Phi) is 5.58. The Hall–Kier alpha value is -3.68. The zero-order valence-corrected chi connectivity index (χ0v) is 19.4. The zero-order chi connectivity index (χ0) is 22.9. The number of aromatic nitrogens is 1. The molecule has 0 radical (unpaired) electrons. The number of methoxy groups -OCH3 is 2. The first-order valence-corrected chi connectivity index (χ1v) is 11.3. The van der Waals surface area contributed by atoms with E-state index in [1.54, 1.807) is 43.4 Å². The van der Waals surface area contributed by atoms with Crippen molar-refractivity contribution in [1.29, 1.82) is 0 Å². The molecule has 0 saturated carbocycles. The van der Waals surface area contributed by atoms with Gasteiger partial charge in [0, 0.05) is 10.6 Å². The van der Waals surface area contributed by atoms with E-state index in [2.05, 4.69) is 0 Å². The maximum Gasteiger partial charge on any atom is 0.284 e. The number of amidine groups is 1. The summed E-state index contributed by atoms with van der Waals surface area (Å²) in [5, 5.41) is 1.11. The molecule has 5 rings (SSSR count). The molecule has 1 aliphatic heterocycles. The van der Waals surface area contributed by atoms with Gasteiger partial charge >= 0.3 is 0 Å². The Morgan fingerprint density at radius 1 is 0.939 bits per heavy atom. The van der Waals surface area contributed by atoms with E-state index in [1.165, 1.54) is 11.3 Å². The summed E-state index contributed by atoms with van der Waals surface area (Å²) in [5.41, 5.74) is 2.58. The fourth-order valence-electron chi connectivity index (χ4n) is 3.56. The Morgan fingerprint density at radius 3 is 2.33 bits per heavy atom. The number of nitrogens with zero attached hydrogens (tertiary/aromatic N) is 3. The molecule has 0 saturated heterocycles. The number of ether oxygens (including phenoxy) is 2. The number of hydrogen-bond acceptors (Lipinski definition) is 6. The van der Waals surface area contributed by atoms with Gasteiger partial charge in [-0.05, 0) is 35.9 Å². The summed E-state index contributed by atoms with van der Waals surface area (Å²) in [7, 11) is 3.19. The molecule has 0 bridgehead atoms. The van der Waals surface area contributed by atoms with Crippen molar-refractivity contribution in [3.8, 4) is 11.5 Å². The van der Waals surface area contributed by atoms with E-state index in [-0.39, 0.29) is 5.91 Å². The lowest BCUT2D eigenvalue weighted by Crippen LogP contribution is -2.32. The molecule has 1 amide bonds. The van der Waals surface area contributed by atoms with Crippen LogP contribution < -0.4 is 14.4 Å². The molecular weight excluding hydrogens is 458 g/mol. The van der Waals surface area contributed by atoms with Gasteiger partial charge in [-0.15, -0.1) is 0 Å². The van der Waals surface area contributed by atoms with Gasteiger partial charge in [0.25, 0.3) is 5.91 Å². The van der Waals surface area contributed by atoms with Crippen LogP contribution in [0.4, 0.5) is 5.13 Å². The molecular formula is C25H18ClN3O3S. The predicted octanol–water partition coefficient (Wildman–Crippen LogP) is 5.80. The Labute approximate surface area is 199 Å². The lowest BCUT2D eigenvalue weighted by molar-refractivity contribution is -0.113. The smallest absolute Gasteiger partial charge is 0.284 e. The highest BCUT2D eigenvalue weighted by atomic mass is 35.5. The molecule has 3 aromatic carbocycles. The molecule has 8 heteroatoms. The van der Waals surface area contributed by atoms with E-state index in [9.17, 15) is 4.79 Å². The Balaban J connectivity index is 1.66. The molecule has 1 aromatic heterocycles. The summed E-state index contributed by atoms with van der Waals surface area (Å²) in [6.07, 6.45) is 1.75. The van der Waals surface area contributed by atoms with Gasteiger partial charge in [0.05, 0.1) is 14.2 Å². The summed E-state index contributed by atoms with van der Waals surface area (Å²) in [5.74, 6) is 1.52. The van der Waals surface area contributed by atoms with Gasteiger partial charge in [-0.2, -0.15) is 0 Å². The van der Waals surface area contributed by atoms with Gasteiger partial charge in [0.15, 0.2) is 5.13 Å². The van der Waals surface area contributed by atoms with Crippen molar-refractivity contribution >= 4 is 56.1 Å². The summed E-state index contributed by atoms with van der Waals surface area (Å²) in [4.78, 5) is 24.6. The number of carbonyl (C=O) groups excluding carboxylic acids is 1. The molecule has 164 valence electrons. The average molecular weight is 476 g/mol. The number of benzene rings is 3. The minimum absolute atomic E-state index is 0.263. The molecule has 0 atom stereocenters. The van der Waals surface area contributed by atoms with Crippen LogP contribution in [0.15, 0.2) is 77.4 Å². The average Bonchev–Trinajstić information content (AvgIpc) is 3.42. The standard InChI is InChI=1S/C25H18ClN3O3S/c1-31-19-12-13-20(32-2)22-21(19)28-25(33-22)29-23(16-6-4-3-5-7-16)27-18(24(29)30)14-15-8-10-17(26)11-9-15/h3-14H,1-2H3/b18-14-. The lowest BCUT2D eigenvalue weighted by Gasteiger charge is -2.14. The van der Waals surface area contributed by atoms with E-state index >= 15 is 0 Å². The number of halogens is 1. The number of hydrogen-bond donors (Lipinski definition) is 0. The van der Waals surface area contributed by atoms with Crippen LogP contribution in [0.2, 0.25) is 5.02 Å². The van der Waals surface area contributed by atoms with Gasteiger partial charge in [-0.25, -0.2) is 14.9 Å². The fraction of sp³-hybridized carbons (Fsp3) is 0.0800. The Bertz CT molecular complexity index is 1370. The number of aliphatic imine (C=N–C) groups is 1. The van der Waals surface area contributed by atoms with Crippen LogP contribution in [0.1, 0.15) is 11.1 Å². The fourth-order valence-corrected chi connectivity index (χ4v) is 4.76.